The zero-order chi connectivity index (χ0) is 13.0. The molecule has 0 bridgehead atoms. The summed E-state index contributed by atoms with van der Waals surface area (Å²) in [5.41, 5.74) is 0. The first-order valence-corrected chi connectivity index (χ1v) is 6.83. The Kier molecular flexibility index (Phi) is 6.23. The van der Waals surface area contributed by atoms with Crippen LogP contribution in [0.25, 0.3) is 0 Å². The number of hydrogen-bond donors (Lipinski definition) is 6. The van der Waals surface area contributed by atoms with Crippen molar-refractivity contribution in [1.82, 2.24) is 0 Å². The third kappa shape index (κ3) is 9.37. The third-order valence-corrected chi connectivity index (χ3v) is 2.24. The summed E-state index contributed by atoms with van der Waals surface area (Å²) in [6, 6.07) is 0. The van der Waals surface area contributed by atoms with Crippen molar-refractivity contribution in [3.05, 3.63) is 0 Å². The predicted octanol–water partition coefficient (Wildman–Crippen LogP) is -2.07. The molecule has 0 aliphatic heterocycles. The van der Waals surface area contributed by atoms with Crippen molar-refractivity contribution in [2.75, 3.05) is 13.2 Å². The monoisotopic (exact) mass is 282 g/mol. The number of rotatable bonds is 7. The molecule has 16 heavy (non-hydrogen) atoms. The lowest BCUT2D eigenvalue weighted by Crippen LogP contribution is -2.33. The van der Waals surface area contributed by atoms with Crippen molar-refractivity contribution >= 4 is 15.6 Å². The van der Waals surface area contributed by atoms with E-state index in [1.807, 2.05) is 0 Å². The van der Waals surface area contributed by atoms with Crippen molar-refractivity contribution in [2.45, 2.75) is 12.2 Å². The fourth-order valence-corrected chi connectivity index (χ4v) is 1.26. The maximum absolute atomic E-state index is 10.2. The van der Waals surface area contributed by atoms with Gasteiger partial charge in [-0.1, -0.05) is 0 Å². The molecule has 0 aliphatic carbocycles. The van der Waals surface area contributed by atoms with E-state index in [9.17, 15) is 9.13 Å². The highest BCUT2D eigenvalue weighted by Crippen LogP contribution is 2.37. The number of aliphatic hydroxyl groups excluding tert-OH is 2. The predicted molar refractivity (Wildman–Crippen MR) is 48.0 cm³/mol. The van der Waals surface area contributed by atoms with Gasteiger partial charge < -0.3 is 29.8 Å². The summed E-state index contributed by atoms with van der Waals surface area (Å²) < 4.78 is 28.1. The van der Waals surface area contributed by atoms with Crippen LogP contribution >= 0.6 is 15.6 Å². The molecular weight excluding hydrogens is 270 g/mol. The van der Waals surface area contributed by atoms with E-state index in [-0.39, 0.29) is 0 Å². The molecule has 0 spiro atoms. The zero-order valence-corrected chi connectivity index (χ0v) is 9.57. The second-order valence-electron chi connectivity index (χ2n) is 2.71. The highest BCUT2D eigenvalue weighted by molar-refractivity contribution is 7.46. The minimum absolute atomic E-state index is 0.907. The van der Waals surface area contributed by atoms with E-state index >= 15 is 0 Å². The van der Waals surface area contributed by atoms with Gasteiger partial charge in [0.25, 0.3) is 0 Å². The van der Waals surface area contributed by atoms with Gasteiger partial charge in [-0.15, -0.1) is 0 Å². The zero-order valence-electron chi connectivity index (χ0n) is 7.78. The first-order valence-electron chi connectivity index (χ1n) is 3.77. The summed E-state index contributed by atoms with van der Waals surface area (Å²) in [4.78, 5) is 33.0. The van der Waals surface area contributed by atoms with Crippen LogP contribution in [0.5, 0.6) is 0 Å². The summed E-state index contributed by atoms with van der Waals surface area (Å²) in [5, 5.41) is 18.1. The molecule has 0 radical (unpaired) electrons. The van der Waals surface area contributed by atoms with Gasteiger partial charge in [0.15, 0.2) is 0 Å². The molecule has 0 amide bonds. The number of phosphoric ester groups is 2. The topological polar surface area (TPSA) is 174 Å². The van der Waals surface area contributed by atoms with Gasteiger partial charge in [0.1, 0.15) is 12.2 Å². The second-order valence-corrected chi connectivity index (χ2v) is 5.19. The van der Waals surface area contributed by atoms with Gasteiger partial charge in [-0.05, 0) is 0 Å². The Labute approximate surface area is 89.9 Å². The Balaban J connectivity index is 3.96. The normalized spacial score (nSPS) is 17.1. The van der Waals surface area contributed by atoms with E-state index in [1.165, 1.54) is 0 Å². The summed E-state index contributed by atoms with van der Waals surface area (Å²) in [5.74, 6) is 0. The molecule has 0 heterocycles. The summed E-state index contributed by atoms with van der Waals surface area (Å²) in [6.45, 7) is -1.81. The maximum Gasteiger partial charge on any atom is 0.469 e. The van der Waals surface area contributed by atoms with Gasteiger partial charge in [-0.3, -0.25) is 9.05 Å². The van der Waals surface area contributed by atoms with Crippen LogP contribution in [-0.4, -0.2) is 55.2 Å². The Morgan fingerprint density at radius 2 is 1.06 bits per heavy atom. The van der Waals surface area contributed by atoms with Crippen molar-refractivity contribution in [3.8, 4) is 0 Å². The fraction of sp³-hybridized carbons (Fsp3) is 1.00. The molecule has 0 aromatic carbocycles. The minimum Gasteiger partial charge on any atom is -0.388 e. The van der Waals surface area contributed by atoms with Crippen LogP contribution in [0.4, 0.5) is 0 Å². The van der Waals surface area contributed by atoms with Gasteiger partial charge in [0.2, 0.25) is 0 Å². The van der Waals surface area contributed by atoms with E-state index < -0.39 is 41.1 Å². The lowest BCUT2D eigenvalue weighted by molar-refractivity contribution is -0.0375. The number of aliphatic hydroxyl groups is 2. The molecule has 0 saturated heterocycles. The van der Waals surface area contributed by atoms with E-state index in [0.29, 0.717) is 0 Å². The van der Waals surface area contributed by atoms with Gasteiger partial charge >= 0.3 is 15.6 Å². The summed E-state index contributed by atoms with van der Waals surface area (Å²) >= 11 is 0. The summed E-state index contributed by atoms with van der Waals surface area (Å²) in [7, 11) is -9.55. The molecule has 10 nitrogen and oxygen atoms in total. The van der Waals surface area contributed by atoms with Gasteiger partial charge in [0.05, 0.1) is 13.2 Å². The maximum atomic E-state index is 10.2. The Morgan fingerprint density at radius 1 is 0.812 bits per heavy atom. The van der Waals surface area contributed by atoms with Crippen LogP contribution in [0.3, 0.4) is 0 Å². The average Bonchev–Trinajstić information content (AvgIpc) is 2.07. The van der Waals surface area contributed by atoms with Crippen molar-refractivity contribution in [2.24, 2.45) is 0 Å². The van der Waals surface area contributed by atoms with E-state index in [1.54, 1.807) is 0 Å². The number of hydrogen-bond acceptors (Lipinski definition) is 6. The first kappa shape index (κ1) is 16.1. The second kappa shape index (κ2) is 6.18. The minimum atomic E-state index is -4.78. The molecular formula is C4H12O10P2. The third-order valence-electron chi connectivity index (χ3n) is 1.27. The van der Waals surface area contributed by atoms with Gasteiger partial charge in [0, 0.05) is 0 Å². The van der Waals surface area contributed by atoms with E-state index in [2.05, 4.69) is 9.05 Å². The molecule has 0 aromatic heterocycles. The van der Waals surface area contributed by atoms with Crippen molar-refractivity contribution in [3.63, 3.8) is 0 Å². The molecule has 0 fully saturated rings. The van der Waals surface area contributed by atoms with Crippen LogP contribution in [0, 0.1) is 0 Å². The van der Waals surface area contributed by atoms with Crippen LogP contribution < -0.4 is 0 Å². The molecule has 0 aromatic rings. The van der Waals surface area contributed by atoms with Gasteiger partial charge in [-0.25, -0.2) is 9.13 Å². The molecule has 98 valence electrons. The Morgan fingerprint density at radius 3 is 1.25 bits per heavy atom. The van der Waals surface area contributed by atoms with Gasteiger partial charge in [-0.2, -0.15) is 0 Å². The number of phosphoric acid groups is 2. The summed E-state index contributed by atoms with van der Waals surface area (Å²) in [6.07, 6.45) is -3.50. The molecule has 0 rings (SSSR count). The van der Waals surface area contributed by atoms with Crippen molar-refractivity contribution in [1.29, 1.82) is 0 Å². The highest BCUT2D eigenvalue weighted by atomic mass is 31.2. The largest absolute Gasteiger partial charge is 0.469 e. The van der Waals surface area contributed by atoms with Crippen molar-refractivity contribution < 1.29 is 48.0 Å². The highest BCUT2D eigenvalue weighted by Gasteiger charge is 2.25. The van der Waals surface area contributed by atoms with Crippen LogP contribution in [-0.2, 0) is 18.2 Å². The lowest BCUT2D eigenvalue weighted by Gasteiger charge is -2.18. The van der Waals surface area contributed by atoms with E-state index in [4.69, 9.17) is 29.8 Å². The average molecular weight is 282 g/mol. The smallest absolute Gasteiger partial charge is 0.388 e. The van der Waals surface area contributed by atoms with Crippen LogP contribution in [0.2, 0.25) is 0 Å². The van der Waals surface area contributed by atoms with E-state index in [0.717, 1.165) is 0 Å². The fourth-order valence-electron chi connectivity index (χ4n) is 0.569. The Hall–Kier alpha value is 0.140. The quantitative estimate of drug-likeness (QED) is 0.284. The lowest BCUT2D eigenvalue weighted by atomic mass is 10.2. The molecule has 0 unspecified atom stereocenters. The molecule has 12 heteroatoms. The first-order chi connectivity index (χ1) is 7.01. The molecule has 6 N–H and O–H groups in total. The van der Waals surface area contributed by atoms with Crippen LogP contribution in [0.15, 0.2) is 0 Å². The van der Waals surface area contributed by atoms with Crippen LogP contribution in [0.1, 0.15) is 0 Å². The Bertz CT molecular complexity index is 261. The molecule has 0 saturated carbocycles. The molecule has 2 atom stereocenters. The molecule has 0 aliphatic rings. The SMILES string of the molecule is O=P(O)(O)OC[C@@H](O)[C@@H](O)COP(=O)(O)O. The standard InChI is InChI=1S/C4H12O10P2/c5-3(1-13-15(7,8)9)4(6)2-14-16(10,11)12/h3-6H,1-2H2,(H2,7,8,9)(H2,10,11,12)/t3-,4+.